The highest BCUT2D eigenvalue weighted by Gasteiger charge is 2.32. The number of aromatic nitrogens is 1. The predicted molar refractivity (Wildman–Crippen MR) is 130 cm³/mol. The van der Waals surface area contributed by atoms with Gasteiger partial charge in [-0.05, 0) is 43.4 Å². The minimum atomic E-state index is -0.670. The van der Waals surface area contributed by atoms with Crippen LogP contribution in [0.2, 0.25) is 0 Å². The molecule has 4 rings (SSSR count). The summed E-state index contributed by atoms with van der Waals surface area (Å²) < 4.78 is 0. The first-order valence-corrected chi connectivity index (χ1v) is 12.3. The standard InChI is InChI=1S/C25H28N6OS/c1-3-19-20(15-26)25(33-22(23(27)32)17-9-5-4-6-10-17)29-24(21(19)28-2)31-14-8-13-30-12-7-11-18(30)16-31/h4-6,9-10,18,22H,3,7-8,11-14,16H2,1H3,(H2,27,32). The number of nitrogens with zero attached hydrogens (tertiary/aromatic N) is 5. The number of nitriles is 1. The SMILES string of the molecule is [C-]#[N+]c1c(N2CCCN3CCCC3C2)nc(SC(C(N)=O)c2ccccc2)c(C#N)c1CC. The van der Waals surface area contributed by atoms with E-state index in [2.05, 4.69) is 20.7 Å². The van der Waals surface area contributed by atoms with Crippen LogP contribution in [0.5, 0.6) is 0 Å². The van der Waals surface area contributed by atoms with Crippen molar-refractivity contribution in [1.82, 2.24) is 9.88 Å². The second-order valence-corrected chi connectivity index (χ2v) is 9.56. The Morgan fingerprint density at radius 2 is 2.09 bits per heavy atom. The van der Waals surface area contributed by atoms with Gasteiger partial charge in [-0.1, -0.05) is 49.0 Å². The number of anilines is 1. The molecule has 2 fully saturated rings. The third kappa shape index (κ3) is 4.68. The van der Waals surface area contributed by atoms with E-state index in [9.17, 15) is 10.1 Å². The zero-order valence-electron chi connectivity index (χ0n) is 18.8. The lowest BCUT2D eigenvalue weighted by molar-refractivity contribution is -0.117. The maximum Gasteiger partial charge on any atom is 0.235 e. The maximum atomic E-state index is 12.4. The monoisotopic (exact) mass is 460 g/mol. The highest BCUT2D eigenvalue weighted by atomic mass is 32.2. The lowest BCUT2D eigenvalue weighted by atomic mass is 10.1. The van der Waals surface area contributed by atoms with Crippen molar-refractivity contribution in [3.05, 3.63) is 58.4 Å². The van der Waals surface area contributed by atoms with Crippen molar-refractivity contribution in [2.75, 3.05) is 31.1 Å². The average molecular weight is 461 g/mol. The van der Waals surface area contributed by atoms with Crippen LogP contribution in [0.3, 0.4) is 0 Å². The molecule has 0 saturated carbocycles. The molecule has 1 aromatic carbocycles. The molecule has 3 heterocycles. The molecule has 2 saturated heterocycles. The number of hydrogen-bond acceptors (Lipinski definition) is 6. The van der Waals surface area contributed by atoms with Crippen LogP contribution in [0.15, 0.2) is 35.4 Å². The van der Waals surface area contributed by atoms with Gasteiger partial charge in [0, 0.05) is 25.7 Å². The zero-order valence-corrected chi connectivity index (χ0v) is 19.6. The Morgan fingerprint density at radius 3 is 2.76 bits per heavy atom. The van der Waals surface area contributed by atoms with E-state index in [0.29, 0.717) is 40.1 Å². The fraction of sp³-hybridized carbons (Fsp3) is 0.440. The third-order valence-corrected chi connectivity index (χ3v) is 7.75. The Bertz CT molecular complexity index is 1110. The number of carbonyl (C=O) groups excluding carboxylic acids is 1. The van der Waals surface area contributed by atoms with Crippen molar-refractivity contribution < 1.29 is 4.79 Å². The highest BCUT2D eigenvalue weighted by molar-refractivity contribution is 8.00. The van der Waals surface area contributed by atoms with E-state index in [1.54, 1.807) is 0 Å². The van der Waals surface area contributed by atoms with Gasteiger partial charge in [0.2, 0.25) is 11.6 Å². The zero-order chi connectivity index (χ0) is 23.4. The molecule has 0 bridgehead atoms. The molecule has 0 spiro atoms. The van der Waals surface area contributed by atoms with Gasteiger partial charge in [-0.2, -0.15) is 5.26 Å². The van der Waals surface area contributed by atoms with Gasteiger partial charge in [0.25, 0.3) is 0 Å². The number of nitrogens with two attached hydrogens (primary N) is 1. The van der Waals surface area contributed by atoms with Gasteiger partial charge in [-0.15, -0.1) is 0 Å². The second-order valence-electron chi connectivity index (χ2n) is 8.46. The van der Waals surface area contributed by atoms with Crippen molar-refractivity contribution in [2.45, 2.75) is 48.9 Å². The summed E-state index contributed by atoms with van der Waals surface area (Å²) in [6, 6.07) is 12.0. The topological polar surface area (TPSA) is 90.6 Å². The van der Waals surface area contributed by atoms with Crippen LogP contribution in [0, 0.1) is 17.9 Å². The number of carbonyl (C=O) groups is 1. The van der Waals surface area contributed by atoms with E-state index in [4.69, 9.17) is 17.3 Å². The van der Waals surface area contributed by atoms with Gasteiger partial charge in [-0.3, -0.25) is 9.69 Å². The van der Waals surface area contributed by atoms with Gasteiger partial charge >= 0.3 is 0 Å². The number of benzene rings is 1. The van der Waals surface area contributed by atoms with Gasteiger partial charge in [-0.25, -0.2) is 9.83 Å². The van der Waals surface area contributed by atoms with Gasteiger partial charge in [0.05, 0.1) is 12.1 Å². The Kier molecular flexibility index (Phi) is 7.17. The first-order valence-electron chi connectivity index (χ1n) is 11.4. The van der Waals surface area contributed by atoms with Crippen LogP contribution in [0.25, 0.3) is 4.85 Å². The highest BCUT2D eigenvalue weighted by Crippen LogP contribution is 2.43. The third-order valence-electron chi connectivity index (χ3n) is 6.49. The second kappa shape index (κ2) is 10.2. The lowest BCUT2D eigenvalue weighted by Gasteiger charge is -2.29. The molecule has 2 unspecified atom stereocenters. The Labute approximate surface area is 199 Å². The summed E-state index contributed by atoms with van der Waals surface area (Å²) in [6.07, 6.45) is 3.90. The summed E-state index contributed by atoms with van der Waals surface area (Å²) in [7, 11) is 0. The summed E-state index contributed by atoms with van der Waals surface area (Å²) in [6.45, 7) is 13.7. The fourth-order valence-corrected chi connectivity index (χ4v) is 5.96. The first-order chi connectivity index (χ1) is 16.1. The summed E-state index contributed by atoms with van der Waals surface area (Å²) in [5, 5.41) is 9.80. The molecule has 33 heavy (non-hydrogen) atoms. The summed E-state index contributed by atoms with van der Waals surface area (Å²) in [5.41, 5.74) is 8.06. The van der Waals surface area contributed by atoms with Crippen LogP contribution in [-0.4, -0.2) is 48.0 Å². The molecule has 7 nitrogen and oxygen atoms in total. The smallest absolute Gasteiger partial charge is 0.235 e. The van der Waals surface area contributed by atoms with E-state index in [-0.39, 0.29) is 0 Å². The number of thioether (sulfide) groups is 1. The average Bonchev–Trinajstić information content (AvgIpc) is 3.18. The Morgan fingerprint density at radius 1 is 1.33 bits per heavy atom. The molecule has 2 atom stereocenters. The molecule has 2 aliphatic heterocycles. The lowest BCUT2D eigenvalue weighted by Crippen LogP contribution is -2.37. The minimum Gasteiger partial charge on any atom is -0.368 e. The van der Waals surface area contributed by atoms with E-state index in [0.717, 1.165) is 44.6 Å². The molecular formula is C25H28N6OS. The van der Waals surface area contributed by atoms with E-state index in [1.165, 1.54) is 18.2 Å². The Balaban J connectivity index is 1.79. The van der Waals surface area contributed by atoms with Gasteiger partial charge in [0.1, 0.15) is 22.2 Å². The molecule has 0 radical (unpaired) electrons. The molecule has 2 aromatic rings. The first kappa shape index (κ1) is 23.1. The normalized spacial score (nSPS) is 19.2. The summed E-state index contributed by atoms with van der Waals surface area (Å²) in [5.74, 6) is 0.149. The van der Waals surface area contributed by atoms with Crippen molar-refractivity contribution in [3.63, 3.8) is 0 Å². The van der Waals surface area contributed by atoms with Crippen molar-refractivity contribution in [2.24, 2.45) is 5.73 Å². The maximum absolute atomic E-state index is 12.4. The van der Waals surface area contributed by atoms with Crippen LogP contribution in [0.1, 0.15) is 48.1 Å². The van der Waals surface area contributed by atoms with Gasteiger partial charge in [0.15, 0.2) is 0 Å². The quantitative estimate of drug-likeness (QED) is 0.516. The van der Waals surface area contributed by atoms with E-state index in [1.807, 2.05) is 37.3 Å². The number of primary amides is 1. The number of fused-ring (bicyclic) bond motifs is 1. The van der Waals surface area contributed by atoms with E-state index < -0.39 is 11.2 Å². The number of rotatable bonds is 6. The number of amides is 1. The Hall–Kier alpha value is -3.07. The van der Waals surface area contributed by atoms with Crippen LogP contribution in [0.4, 0.5) is 11.5 Å². The van der Waals surface area contributed by atoms with Gasteiger partial charge < -0.3 is 10.6 Å². The molecule has 8 heteroatoms. The minimum absolute atomic E-state index is 0.372. The predicted octanol–water partition coefficient (Wildman–Crippen LogP) is 4.06. The molecule has 170 valence electrons. The number of hydrogen-bond donors (Lipinski definition) is 1. The molecule has 2 aliphatic rings. The molecule has 1 aromatic heterocycles. The molecule has 0 aliphatic carbocycles. The van der Waals surface area contributed by atoms with Crippen LogP contribution in [-0.2, 0) is 11.2 Å². The van der Waals surface area contributed by atoms with E-state index >= 15 is 0 Å². The summed E-state index contributed by atoms with van der Waals surface area (Å²) >= 11 is 1.20. The van der Waals surface area contributed by atoms with Crippen molar-refractivity contribution in [1.29, 1.82) is 5.26 Å². The van der Waals surface area contributed by atoms with Crippen LogP contribution < -0.4 is 10.6 Å². The van der Waals surface area contributed by atoms with Crippen LogP contribution >= 0.6 is 11.8 Å². The molecular weight excluding hydrogens is 432 g/mol. The fourth-order valence-electron chi connectivity index (χ4n) is 4.90. The molecule has 2 N–H and O–H groups in total. The largest absolute Gasteiger partial charge is 0.368 e. The van der Waals surface area contributed by atoms with Crippen molar-refractivity contribution >= 4 is 29.2 Å². The summed E-state index contributed by atoms with van der Waals surface area (Å²) in [4.78, 5) is 25.8. The van der Waals surface area contributed by atoms with Crippen molar-refractivity contribution in [3.8, 4) is 6.07 Å². The number of pyridine rings is 1. The molecule has 1 amide bonds.